The number of carbonyl (C=O) groups excluding carboxylic acids is 1. The molecular weight excluding hydrogens is 619 g/mol. The molecule has 3 N–H and O–H groups in total. The number of fused-ring (bicyclic) bond motifs is 1. The molecule has 2 aromatic rings. The molecular formula is C25H34F3N5O10S. The molecule has 3 aliphatic heterocycles. The van der Waals surface area contributed by atoms with E-state index >= 15 is 0 Å². The van der Waals surface area contributed by atoms with Gasteiger partial charge in [0.15, 0.2) is 41.9 Å². The molecule has 6 atom stereocenters. The summed E-state index contributed by atoms with van der Waals surface area (Å²) in [5, 5.41) is 0. The Kier molecular flexibility index (Phi) is 9.64. The number of ketones is 1. The second-order valence-corrected chi connectivity index (χ2v) is 12.6. The number of hydrogen-bond donors (Lipinski definition) is 2. The van der Waals surface area contributed by atoms with Gasteiger partial charge in [0.2, 0.25) is 11.7 Å². The Hall–Kier alpha value is -2.68. The van der Waals surface area contributed by atoms with Gasteiger partial charge in [-0.05, 0) is 38.5 Å². The van der Waals surface area contributed by atoms with Crippen molar-refractivity contribution in [3.63, 3.8) is 0 Å². The molecule has 3 aliphatic rings. The Labute approximate surface area is 249 Å². The van der Waals surface area contributed by atoms with E-state index in [9.17, 15) is 31.2 Å². The van der Waals surface area contributed by atoms with Gasteiger partial charge in [0.25, 0.3) is 5.56 Å². The SMILES string of the molecule is CC(C)C(=O)c1nc2c(=O)[nH]c(N)nc2n1[C@@H]1O[C@H](COC2CCCCO2)[C@@H](OC2CCCCO2)[C@@H]1OS(=O)(=O)C(F)(F)F. The number of nitrogens with two attached hydrogens (primary N) is 1. The van der Waals surface area contributed by atoms with Gasteiger partial charge in [-0.25, -0.2) is 4.98 Å². The number of carbonyl (C=O) groups is 1. The van der Waals surface area contributed by atoms with Gasteiger partial charge in [-0.3, -0.25) is 23.3 Å². The first-order valence-electron chi connectivity index (χ1n) is 14.2. The van der Waals surface area contributed by atoms with Crippen molar-refractivity contribution in [2.24, 2.45) is 5.92 Å². The molecule has 5 rings (SSSR count). The maximum absolute atomic E-state index is 13.7. The highest BCUT2D eigenvalue weighted by Crippen LogP contribution is 2.41. The first-order chi connectivity index (χ1) is 20.8. The minimum Gasteiger partial charge on any atom is -0.369 e. The van der Waals surface area contributed by atoms with Crippen LogP contribution in [0.2, 0.25) is 0 Å². The minimum atomic E-state index is -6.25. The molecule has 19 heteroatoms. The van der Waals surface area contributed by atoms with Crippen LogP contribution in [0.4, 0.5) is 19.1 Å². The Balaban J connectivity index is 1.63. The fourth-order valence-corrected chi connectivity index (χ4v) is 5.84. The molecule has 44 heavy (non-hydrogen) atoms. The summed E-state index contributed by atoms with van der Waals surface area (Å²) in [5.41, 5.74) is -1.64. The fraction of sp³-hybridized carbons (Fsp3) is 0.760. The molecule has 0 radical (unpaired) electrons. The van der Waals surface area contributed by atoms with E-state index < -0.39 is 81.8 Å². The van der Waals surface area contributed by atoms with Crippen LogP contribution in [0.25, 0.3) is 11.2 Å². The van der Waals surface area contributed by atoms with Crippen LogP contribution in [-0.2, 0) is 38.0 Å². The normalized spacial score (nSPS) is 28.6. The number of rotatable bonds is 10. The van der Waals surface area contributed by atoms with Gasteiger partial charge >= 0.3 is 15.6 Å². The number of imidazole rings is 1. The molecule has 0 amide bonds. The molecule has 2 aromatic heterocycles. The summed E-state index contributed by atoms with van der Waals surface area (Å²) >= 11 is 0. The summed E-state index contributed by atoms with van der Waals surface area (Å²) < 4.78 is 101. The zero-order chi connectivity index (χ0) is 31.8. The molecule has 3 saturated heterocycles. The van der Waals surface area contributed by atoms with E-state index in [0.717, 1.165) is 23.8 Å². The van der Waals surface area contributed by atoms with E-state index in [4.69, 9.17) is 33.6 Å². The zero-order valence-corrected chi connectivity index (χ0v) is 24.8. The first-order valence-corrected chi connectivity index (χ1v) is 15.6. The van der Waals surface area contributed by atoms with Crippen molar-refractivity contribution < 1.29 is 54.3 Å². The number of hydrogen-bond acceptors (Lipinski definition) is 13. The topological polar surface area (TPSA) is 196 Å². The number of aromatic nitrogens is 4. The molecule has 0 spiro atoms. The van der Waals surface area contributed by atoms with Crippen LogP contribution in [0.1, 0.15) is 69.2 Å². The predicted molar refractivity (Wildman–Crippen MR) is 143 cm³/mol. The Morgan fingerprint density at radius 3 is 2.34 bits per heavy atom. The predicted octanol–water partition coefficient (Wildman–Crippen LogP) is 2.13. The molecule has 0 bridgehead atoms. The number of aromatic amines is 1. The number of anilines is 1. The number of alkyl halides is 3. The average Bonchev–Trinajstić information content (AvgIpc) is 3.49. The third-order valence-corrected chi connectivity index (χ3v) is 8.45. The summed E-state index contributed by atoms with van der Waals surface area (Å²) in [7, 11) is -6.25. The number of nitrogens with one attached hydrogen (secondary N) is 1. The number of halogens is 3. The monoisotopic (exact) mass is 653 g/mol. The van der Waals surface area contributed by atoms with Gasteiger partial charge in [-0.1, -0.05) is 13.8 Å². The zero-order valence-electron chi connectivity index (χ0n) is 23.9. The van der Waals surface area contributed by atoms with E-state index in [1.807, 2.05) is 0 Å². The second-order valence-electron chi connectivity index (χ2n) is 11.0. The van der Waals surface area contributed by atoms with Crippen LogP contribution in [-0.4, -0.2) is 89.9 Å². The van der Waals surface area contributed by atoms with Crippen molar-refractivity contribution in [2.45, 2.75) is 95.0 Å². The number of ether oxygens (including phenoxy) is 5. The lowest BCUT2D eigenvalue weighted by atomic mass is 10.1. The third-order valence-electron chi connectivity index (χ3n) is 7.41. The number of nitrogen functional groups attached to an aromatic ring is 1. The van der Waals surface area contributed by atoms with Gasteiger partial charge < -0.3 is 29.4 Å². The van der Waals surface area contributed by atoms with Crippen molar-refractivity contribution in [3.8, 4) is 0 Å². The number of Topliss-reactive ketones (excluding diaryl/α,β-unsaturated/α-hetero) is 1. The smallest absolute Gasteiger partial charge is 0.369 e. The number of nitrogens with zero attached hydrogens (tertiary/aromatic N) is 3. The summed E-state index contributed by atoms with van der Waals surface area (Å²) in [4.78, 5) is 36.4. The molecule has 0 saturated carbocycles. The Bertz CT molecular complexity index is 1500. The van der Waals surface area contributed by atoms with Crippen LogP contribution in [0.15, 0.2) is 4.79 Å². The van der Waals surface area contributed by atoms with Gasteiger partial charge in [0.1, 0.15) is 12.2 Å². The summed E-state index contributed by atoms with van der Waals surface area (Å²) in [5.74, 6) is -2.20. The highest BCUT2D eigenvalue weighted by Gasteiger charge is 2.57. The molecule has 246 valence electrons. The van der Waals surface area contributed by atoms with Crippen molar-refractivity contribution >= 4 is 33.0 Å². The molecule has 15 nitrogen and oxygen atoms in total. The molecule has 0 aliphatic carbocycles. The standard InChI is InChI=1S/C25H34F3N5O10S/c1-12(2)17(34)21-30-16-20(31-24(29)32-22(16)35)33(21)23-19(43-44(36,37)25(26,27)28)18(42-15-8-4-6-10-39-15)13(41-23)11-40-14-7-3-5-9-38-14/h12-15,18-19,23H,3-11H2,1-2H3,(H3,29,31,32,35)/t13-,14?,15?,18-,19+,23-/m1/s1. The summed E-state index contributed by atoms with van der Waals surface area (Å²) in [6.07, 6.45) is -4.35. The van der Waals surface area contributed by atoms with E-state index in [-0.39, 0.29) is 17.8 Å². The Morgan fingerprint density at radius 2 is 1.75 bits per heavy atom. The Morgan fingerprint density at radius 1 is 1.09 bits per heavy atom. The molecule has 0 aromatic carbocycles. The largest absolute Gasteiger partial charge is 0.523 e. The average molecular weight is 654 g/mol. The van der Waals surface area contributed by atoms with Crippen molar-refractivity contribution in [1.82, 2.24) is 19.5 Å². The molecule has 2 unspecified atom stereocenters. The van der Waals surface area contributed by atoms with E-state index in [1.54, 1.807) is 0 Å². The van der Waals surface area contributed by atoms with Crippen molar-refractivity contribution in [2.75, 3.05) is 25.6 Å². The van der Waals surface area contributed by atoms with Crippen LogP contribution in [0.3, 0.4) is 0 Å². The maximum Gasteiger partial charge on any atom is 0.523 e. The second kappa shape index (κ2) is 13.0. The van der Waals surface area contributed by atoms with Gasteiger partial charge in [0, 0.05) is 19.1 Å². The van der Waals surface area contributed by atoms with Gasteiger partial charge in [0.05, 0.1) is 6.61 Å². The molecule has 3 fully saturated rings. The third kappa shape index (κ3) is 6.77. The highest BCUT2D eigenvalue weighted by molar-refractivity contribution is 7.87. The van der Waals surface area contributed by atoms with Crippen molar-refractivity contribution in [3.05, 3.63) is 16.2 Å². The fourth-order valence-electron chi connectivity index (χ4n) is 5.23. The van der Waals surface area contributed by atoms with E-state index in [2.05, 4.69) is 15.0 Å². The molecule has 5 heterocycles. The minimum absolute atomic E-state index is 0.302. The van der Waals surface area contributed by atoms with Gasteiger partial charge in [-0.2, -0.15) is 26.6 Å². The highest BCUT2D eigenvalue weighted by atomic mass is 32.2. The van der Waals surface area contributed by atoms with E-state index in [0.29, 0.717) is 32.5 Å². The lowest BCUT2D eigenvalue weighted by Gasteiger charge is -2.31. The first kappa shape index (κ1) is 32.7. The van der Waals surface area contributed by atoms with Crippen LogP contribution < -0.4 is 11.3 Å². The summed E-state index contributed by atoms with van der Waals surface area (Å²) in [6, 6.07) is 0. The number of H-pyrrole nitrogens is 1. The van der Waals surface area contributed by atoms with Gasteiger partial charge in [-0.15, -0.1) is 0 Å². The van der Waals surface area contributed by atoms with E-state index in [1.165, 1.54) is 13.8 Å². The van der Waals surface area contributed by atoms with Crippen molar-refractivity contribution in [1.29, 1.82) is 0 Å². The maximum atomic E-state index is 13.7. The van der Waals surface area contributed by atoms with Crippen LogP contribution in [0, 0.1) is 5.92 Å². The van der Waals surface area contributed by atoms with Crippen LogP contribution in [0.5, 0.6) is 0 Å². The quantitative estimate of drug-likeness (QED) is 0.215. The van der Waals surface area contributed by atoms with Crippen LogP contribution >= 0.6 is 0 Å². The lowest BCUT2D eigenvalue weighted by molar-refractivity contribution is -0.222. The lowest BCUT2D eigenvalue weighted by Crippen LogP contribution is -2.45. The summed E-state index contributed by atoms with van der Waals surface area (Å²) in [6.45, 7) is 3.48.